The third kappa shape index (κ3) is 5.33. The van der Waals surface area contributed by atoms with Crippen LogP contribution in [0.2, 0.25) is 0 Å². The number of carbonyl (C=O) groups excluding carboxylic acids is 1. The first-order valence-electron chi connectivity index (χ1n) is 9.96. The smallest absolute Gasteiger partial charge is 0.338 e. The molecule has 0 aliphatic carbocycles. The summed E-state index contributed by atoms with van der Waals surface area (Å²) in [5.74, 6) is -0.398. The van der Waals surface area contributed by atoms with E-state index in [9.17, 15) is 13.2 Å². The summed E-state index contributed by atoms with van der Waals surface area (Å²) in [6, 6.07) is 21.7. The molecule has 0 unspecified atom stereocenters. The second kappa shape index (κ2) is 8.55. The van der Waals surface area contributed by atoms with Crippen LogP contribution in [-0.2, 0) is 14.8 Å². The minimum Gasteiger partial charge on any atom is -0.456 e. The molecule has 3 aromatic carbocycles. The number of hydrogen-bond donors (Lipinski definition) is 0. The Labute approximate surface area is 184 Å². The highest BCUT2D eigenvalue weighted by Gasteiger charge is 2.23. The third-order valence-corrected chi connectivity index (χ3v) is 5.73. The van der Waals surface area contributed by atoms with Crippen molar-refractivity contribution in [3.63, 3.8) is 0 Å². The van der Waals surface area contributed by atoms with Crippen LogP contribution < -0.4 is 4.31 Å². The lowest BCUT2D eigenvalue weighted by atomic mass is 9.97. The summed E-state index contributed by atoms with van der Waals surface area (Å²) in [4.78, 5) is 12.5. The fraction of sp³-hybridized carbons (Fsp3) is 0.240. The molecule has 0 saturated carbocycles. The molecule has 0 aromatic heterocycles. The van der Waals surface area contributed by atoms with Crippen LogP contribution >= 0.6 is 0 Å². The summed E-state index contributed by atoms with van der Waals surface area (Å²) >= 11 is 0. The van der Waals surface area contributed by atoms with E-state index in [0.29, 0.717) is 16.9 Å². The first-order valence-corrected chi connectivity index (χ1v) is 11.8. The van der Waals surface area contributed by atoms with Gasteiger partial charge in [-0.15, -0.1) is 0 Å². The molecular weight excluding hydrogens is 410 g/mol. The predicted octanol–water partition coefficient (Wildman–Crippen LogP) is 5.72. The minimum absolute atomic E-state index is 0.398. The van der Waals surface area contributed by atoms with Crippen molar-refractivity contribution < 1.29 is 17.9 Å². The van der Waals surface area contributed by atoms with Crippen molar-refractivity contribution in [1.29, 1.82) is 0 Å². The largest absolute Gasteiger partial charge is 0.456 e. The number of carbonyl (C=O) groups is 1. The van der Waals surface area contributed by atoms with Crippen molar-refractivity contribution in [2.24, 2.45) is 0 Å². The lowest BCUT2D eigenvalue weighted by Crippen LogP contribution is -2.25. The summed E-state index contributed by atoms with van der Waals surface area (Å²) in [7, 11) is -3.58. The first kappa shape index (κ1) is 22.6. The van der Waals surface area contributed by atoms with Crippen molar-refractivity contribution >= 4 is 27.4 Å². The van der Waals surface area contributed by atoms with E-state index < -0.39 is 21.6 Å². The molecule has 0 bridgehead atoms. The highest BCUT2D eigenvalue weighted by Crippen LogP contribution is 2.36. The Kier molecular flexibility index (Phi) is 6.23. The molecule has 0 aliphatic heterocycles. The Morgan fingerprint density at radius 1 is 0.903 bits per heavy atom. The highest BCUT2D eigenvalue weighted by molar-refractivity contribution is 7.92. The molecule has 0 atom stereocenters. The molecular formula is C25H27NO4S. The van der Waals surface area contributed by atoms with E-state index in [4.69, 9.17) is 4.74 Å². The molecule has 0 heterocycles. The van der Waals surface area contributed by atoms with Gasteiger partial charge in [0.15, 0.2) is 0 Å². The zero-order valence-electron chi connectivity index (χ0n) is 18.4. The third-order valence-electron chi connectivity index (χ3n) is 4.65. The molecule has 0 saturated heterocycles. The molecule has 0 radical (unpaired) electrons. The Morgan fingerprint density at radius 3 is 2.16 bits per heavy atom. The van der Waals surface area contributed by atoms with Gasteiger partial charge in [-0.2, -0.15) is 0 Å². The monoisotopic (exact) mass is 437 g/mol. The van der Waals surface area contributed by atoms with Crippen LogP contribution in [0.4, 0.5) is 11.4 Å². The fourth-order valence-electron chi connectivity index (χ4n) is 3.38. The van der Waals surface area contributed by atoms with Gasteiger partial charge in [-0.05, 0) is 74.7 Å². The number of anilines is 2. The van der Waals surface area contributed by atoms with Gasteiger partial charge in [0.05, 0.1) is 23.2 Å². The molecule has 0 aliphatic rings. The average molecular weight is 438 g/mol. The van der Waals surface area contributed by atoms with Crippen molar-refractivity contribution in [1.82, 2.24) is 0 Å². The van der Waals surface area contributed by atoms with Gasteiger partial charge >= 0.3 is 5.97 Å². The van der Waals surface area contributed by atoms with Crippen molar-refractivity contribution in [3.05, 3.63) is 83.9 Å². The number of ether oxygens (including phenoxy) is 1. The van der Waals surface area contributed by atoms with E-state index in [1.807, 2.05) is 52.0 Å². The van der Waals surface area contributed by atoms with Crippen LogP contribution in [0.3, 0.4) is 0 Å². The van der Waals surface area contributed by atoms with Crippen molar-refractivity contribution in [3.8, 4) is 11.1 Å². The summed E-state index contributed by atoms with van der Waals surface area (Å²) in [5.41, 5.74) is 3.42. The van der Waals surface area contributed by atoms with Gasteiger partial charge in [-0.3, -0.25) is 0 Å². The van der Waals surface area contributed by atoms with Crippen LogP contribution in [0.1, 0.15) is 36.7 Å². The van der Waals surface area contributed by atoms with E-state index in [1.165, 1.54) is 10.6 Å². The zero-order chi connectivity index (χ0) is 22.8. The Bertz CT molecular complexity index is 1200. The van der Waals surface area contributed by atoms with Gasteiger partial charge in [-0.25, -0.2) is 17.5 Å². The Morgan fingerprint density at radius 2 is 1.55 bits per heavy atom. The Hall–Kier alpha value is -3.12. The van der Waals surface area contributed by atoms with E-state index in [2.05, 4.69) is 0 Å². The van der Waals surface area contributed by atoms with Gasteiger partial charge in [0.1, 0.15) is 5.60 Å². The second-order valence-electron chi connectivity index (χ2n) is 8.40. The molecule has 3 rings (SSSR count). The number of nitrogens with zero attached hydrogens (tertiary/aromatic N) is 1. The number of hydrogen-bond acceptors (Lipinski definition) is 4. The zero-order valence-corrected chi connectivity index (χ0v) is 19.2. The predicted molar refractivity (Wildman–Crippen MR) is 125 cm³/mol. The summed E-state index contributed by atoms with van der Waals surface area (Å²) < 4.78 is 32.2. The van der Waals surface area contributed by atoms with Crippen LogP contribution in [0.25, 0.3) is 11.1 Å². The van der Waals surface area contributed by atoms with Crippen LogP contribution in [0.5, 0.6) is 0 Å². The number of rotatable bonds is 5. The SMILES string of the molecule is Cc1c(-c2cccc(C(=O)OC(C)(C)C)c2)cccc1N(c1ccccc1)S(C)(=O)=O. The van der Waals surface area contributed by atoms with E-state index in [-0.39, 0.29) is 0 Å². The van der Waals surface area contributed by atoms with Crippen molar-refractivity contribution in [2.45, 2.75) is 33.3 Å². The molecule has 162 valence electrons. The van der Waals surface area contributed by atoms with E-state index in [0.717, 1.165) is 16.7 Å². The number of sulfonamides is 1. The van der Waals surface area contributed by atoms with Crippen molar-refractivity contribution in [2.75, 3.05) is 10.6 Å². The summed E-state index contributed by atoms with van der Waals surface area (Å²) in [5, 5.41) is 0. The first-order chi connectivity index (χ1) is 14.5. The maximum atomic E-state index is 12.7. The van der Waals surface area contributed by atoms with Gasteiger partial charge in [-0.1, -0.05) is 42.5 Å². The summed E-state index contributed by atoms with van der Waals surface area (Å²) in [6.45, 7) is 7.36. The lowest BCUT2D eigenvalue weighted by molar-refractivity contribution is 0.00695. The number of para-hydroxylation sites is 1. The average Bonchev–Trinajstić information content (AvgIpc) is 2.68. The van der Waals surface area contributed by atoms with Gasteiger partial charge in [0.2, 0.25) is 10.0 Å². The molecule has 0 amide bonds. The standard InChI is InChI=1S/C25H27NO4S/c1-18-22(19-11-9-12-20(17-19)24(27)30-25(2,3)4)15-10-16-23(18)26(31(5,28)29)21-13-7-6-8-14-21/h6-17H,1-5H3. The van der Waals surface area contributed by atoms with Crippen LogP contribution in [0.15, 0.2) is 72.8 Å². The quantitative estimate of drug-likeness (QED) is 0.479. The molecule has 0 fully saturated rings. The second-order valence-corrected chi connectivity index (χ2v) is 10.2. The molecule has 6 heteroatoms. The molecule has 3 aromatic rings. The highest BCUT2D eigenvalue weighted by atomic mass is 32.2. The maximum Gasteiger partial charge on any atom is 0.338 e. The number of esters is 1. The Balaban J connectivity index is 2.09. The van der Waals surface area contributed by atoms with Gasteiger partial charge in [0.25, 0.3) is 0 Å². The van der Waals surface area contributed by atoms with Crippen LogP contribution in [0, 0.1) is 6.92 Å². The summed E-state index contributed by atoms with van der Waals surface area (Å²) in [6.07, 6.45) is 1.19. The lowest BCUT2D eigenvalue weighted by Gasteiger charge is -2.25. The fourth-order valence-corrected chi connectivity index (χ4v) is 4.44. The maximum absolute atomic E-state index is 12.7. The molecule has 31 heavy (non-hydrogen) atoms. The van der Waals surface area contributed by atoms with E-state index in [1.54, 1.807) is 48.5 Å². The molecule has 0 N–H and O–H groups in total. The van der Waals surface area contributed by atoms with Gasteiger partial charge in [0, 0.05) is 0 Å². The number of benzene rings is 3. The topological polar surface area (TPSA) is 63.7 Å². The normalized spacial score (nSPS) is 11.8. The van der Waals surface area contributed by atoms with Crippen LogP contribution in [-0.4, -0.2) is 26.2 Å². The minimum atomic E-state index is -3.58. The van der Waals surface area contributed by atoms with E-state index >= 15 is 0 Å². The van der Waals surface area contributed by atoms with Gasteiger partial charge < -0.3 is 4.74 Å². The molecule has 0 spiro atoms. The molecule has 5 nitrogen and oxygen atoms in total.